The molecule has 1 aromatic heterocycles. The van der Waals surface area contributed by atoms with E-state index in [-0.39, 0.29) is 5.95 Å². The Balaban J connectivity index is 1.94. The van der Waals surface area contributed by atoms with Crippen LogP contribution in [0.15, 0.2) is 5.83 Å². The normalized spacial score (nSPS) is 20.9. The first kappa shape index (κ1) is 20.3. The summed E-state index contributed by atoms with van der Waals surface area (Å²) in [5.41, 5.74) is -0.476. The minimum atomic E-state index is -4.60. The number of aromatic nitrogens is 3. The molecule has 0 aromatic carbocycles. The van der Waals surface area contributed by atoms with Crippen LogP contribution in [-0.2, 0) is 4.79 Å². The van der Waals surface area contributed by atoms with Crippen molar-refractivity contribution >= 4 is 23.3 Å². The number of carbonyl (C=O) groups is 1. The largest absolute Gasteiger partial charge is 0.408 e. The van der Waals surface area contributed by atoms with Gasteiger partial charge in [0.05, 0.1) is 0 Å². The van der Waals surface area contributed by atoms with Crippen molar-refractivity contribution in [3.8, 4) is 0 Å². The van der Waals surface area contributed by atoms with Gasteiger partial charge in [-0.05, 0) is 32.1 Å². The molecule has 2 N–H and O–H groups in total. The van der Waals surface area contributed by atoms with E-state index in [0.29, 0.717) is 12.5 Å². The summed E-state index contributed by atoms with van der Waals surface area (Å²) in [4.78, 5) is 23.0. The highest BCUT2D eigenvalue weighted by Crippen LogP contribution is 2.38. The van der Waals surface area contributed by atoms with E-state index in [1.807, 2.05) is 5.32 Å². The van der Waals surface area contributed by atoms with Crippen LogP contribution < -0.4 is 10.6 Å². The molecule has 0 saturated heterocycles. The van der Waals surface area contributed by atoms with Gasteiger partial charge in [-0.3, -0.25) is 4.79 Å². The molecule has 6 nitrogen and oxygen atoms in total. The summed E-state index contributed by atoms with van der Waals surface area (Å²) < 4.78 is 79.4. The standard InChI is InChI=1S/C16H17F6N5O/c1-7(16(20,21)22)24-14-26-12(25-13(27-14)23-6-8-2-3-8)9-4-5-15(18,19)11(28)10(9)17/h7-8H,2-6H2,1H3,(H2,23,24,25,26,27). The second kappa shape index (κ2) is 7.21. The average Bonchev–Trinajstić information content (AvgIpc) is 3.41. The molecule has 1 fully saturated rings. The van der Waals surface area contributed by atoms with Gasteiger partial charge in [0, 0.05) is 18.5 Å². The Labute approximate surface area is 155 Å². The van der Waals surface area contributed by atoms with Gasteiger partial charge in [-0.25, -0.2) is 4.39 Å². The van der Waals surface area contributed by atoms with E-state index >= 15 is 0 Å². The molecule has 154 valence electrons. The predicted octanol–water partition coefficient (Wildman–Crippen LogP) is 3.74. The number of allylic oxidation sites excluding steroid dienone is 2. The summed E-state index contributed by atoms with van der Waals surface area (Å²) in [7, 11) is 0. The summed E-state index contributed by atoms with van der Waals surface area (Å²) in [5.74, 6) is -8.22. The number of alkyl halides is 5. The van der Waals surface area contributed by atoms with Crippen LogP contribution in [-0.4, -0.2) is 45.4 Å². The second-order valence-corrected chi connectivity index (χ2v) is 6.86. The number of nitrogens with one attached hydrogen (secondary N) is 2. The summed E-state index contributed by atoms with van der Waals surface area (Å²) in [6.07, 6.45) is -4.12. The van der Waals surface area contributed by atoms with Crippen molar-refractivity contribution in [3.63, 3.8) is 0 Å². The van der Waals surface area contributed by atoms with Gasteiger partial charge < -0.3 is 10.6 Å². The molecular weight excluding hydrogens is 392 g/mol. The molecule has 28 heavy (non-hydrogen) atoms. The van der Waals surface area contributed by atoms with Gasteiger partial charge >= 0.3 is 12.1 Å². The zero-order chi connectivity index (χ0) is 20.7. The van der Waals surface area contributed by atoms with Crippen molar-refractivity contribution in [1.82, 2.24) is 15.0 Å². The summed E-state index contributed by atoms with van der Waals surface area (Å²) in [6, 6.07) is -2.02. The first-order valence-corrected chi connectivity index (χ1v) is 8.62. The topological polar surface area (TPSA) is 79.8 Å². The van der Waals surface area contributed by atoms with Crippen LogP contribution in [0.25, 0.3) is 5.57 Å². The van der Waals surface area contributed by atoms with Gasteiger partial charge in [-0.1, -0.05) is 0 Å². The third-order valence-corrected chi connectivity index (χ3v) is 4.47. The van der Waals surface area contributed by atoms with Gasteiger partial charge in [0.25, 0.3) is 5.78 Å². The number of carbonyl (C=O) groups excluding carboxylic acids is 1. The molecule has 1 atom stereocenters. The lowest BCUT2D eigenvalue weighted by Gasteiger charge is -2.22. The van der Waals surface area contributed by atoms with Crippen molar-refractivity contribution in [2.45, 2.75) is 50.7 Å². The van der Waals surface area contributed by atoms with Gasteiger partial charge in [-0.15, -0.1) is 0 Å². The molecule has 1 aromatic rings. The monoisotopic (exact) mass is 409 g/mol. The van der Waals surface area contributed by atoms with E-state index in [9.17, 15) is 31.1 Å². The van der Waals surface area contributed by atoms with Gasteiger partial charge in [0.1, 0.15) is 6.04 Å². The molecule has 0 amide bonds. The first-order chi connectivity index (χ1) is 13.0. The van der Waals surface area contributed by atoms with Crippen LogP contribution in [0.1, 0.15) is 38.4 Å². The molecule has 1 heterocycles. The van der Waals surface area contributed by atoms with E-state index in [2.05, 4.69) is 20.3 Å². The molecular formula is C16H17F6N5O. The average molecular weight is 409 g/mol. The van der Waals surface area contributed by atoms with Crippen molar-refractivity contribution in [3.05, 3.63) is 11.7 Å². The molecule has 1 unspecified atom stereocenters. The fourth-order valence-corrected chi connectivity index (χ4v) is 2.50. The number of nitrogens with zero attached hydrogens (tertiary/aromatic N) is 3. The number of halogens is 6. The SMILES string of the molecule is CC(Nc1nc(NCC2CC2)nc(C2=C(F)C(=O)C(F)(F)CC2)n1)C(F)(F)F. The van der Waals surface area contributed by atoms with Crippen molar-refractivity contribution < 1.29 is 31.1 Å². The van der Waals surface area contributed by atoms with Crippen LogP contribution in [0, 0.1) is 5.92 Å². The summed E-state index contributed by atoms with van der Waals surface area (Å²) in [6.45, 7) is 1.29. The molecule has 3 rings (SSSR count). The fraction of sp³-hybridized carbons (Fsp3) is 0.625. The Morgan fingerprint density at radius 1 is 1.18 bits per heavy atom. The Bertz CT molecular complexity index is 805. The van der Waals surface area contributed by atoms with Gasteiger partial charge in [0.15, 0.2) is 11.7 Å². The van der Waals surface area contributed by atoms with Crippen LogP contribution in [0.4, 0.5) is 38.2 Å². The molecule has 0 bridgehead atoms. The molecule has 0 aliphatic heterocycles. The zero-order valence-corrected chi connectivity index (χ0v) is 14.7. The maximum Gasteiger partial charge on any atom is 0.408 e. The fourth-order valence-electron chi connectivity index (χ4n) is 2.50. The number of rotatable bonds is 6. The summed E-state index contributed by atoms with van der Waals surface area (Å²) in [5, 5.41) is 4.86. The van der Waals surface area contributed by atoms with E-state index in [1.54, 1.807) is 0 Å². The maximum absolute atomic E-state index is 14.2. The van der Waals surface area contributed by atoms with E-state index in [4.69, 9.17) is 0 Å². The van der Waals surface area contributed by atoms with Crippen molar-refractivity contribution in [2.75, 3.05) is 17.2 Å². The minimum Gasteiger partial charge on any atom is -0.354 e. The predicted molar refractivity (Wildman–Crippen MR) is 87.4 cm³/mol. The van der Waals surface area contributed by atoms with Crippen LogP contribution in [0.2, 0.25) is 0 Å². The lowest BCUT2D eigenvalue weighted by atomic mass is 9.93. The highest BCUT2D eigenvalue weighted by Gasteiger charge is 2.46. The van der Waals surface area contributed by atoms with Crippen LogP contribution in [0.3, 0.4) is 0 Å². The number of anilines is 2. The van der Waals surface area contributed by atoms with Crippen LogP contribution in [0.5, 0.6) is 0 Å². The quantitative estimate of drug-likeness (QED) is 0.697. The maximum atomic E-state index is 14.2. The lowest BCUT2D eigenvalue weighted by Crippen LogP contribution is -2.34. The number of hydrogen-bond acceptors (Lipinski definition) is 6. The first-order valence-electron chi connectivity index (χ1n) is 8.62. The number of hydrogen-bond donors (Lipinski definition) is 2. The Hall–Kier alpha value is -2.40. The minimum absolute atomic E-state index is 0.126. The third kappa shape index (κ3) is 4.53. The van der Waals surface area contributed by atoms with Crippen molar-refractivity contribution in [2.24, 2.45) is 5.92 Å². The third-order valence-electron chi connectivity index (χ3n) is 4.47. The van der Waals surface area contributed by atoms with E-state index in [0.717, 1.165) is 19.8 Å². The molecule has 12 heteroatoms. The summed E-state index contributed by atoms with van der Waals surface area (Å²) >= 11 is 0. The van der Waals surface area contributed by atoms with Gasteiger partial charge in [0.2, 0.25) is 11.9 Å². The van der Waals surface area contributed by atoms with Gasteiger partial charge in [-0.2, -0.15) is 36.9 Å². The smallest absolute Gasteiger partial charge is 0.354 e. The highest BCUT2D eigenvalue weighted by atomic mass is 19.4. The van der Waals surface area contributed by atoms with Crippen LogP contribution >= 0.6 is 0 Å². The molecule has 0 spiro atoms. The lowest BCUT2D eigenvalue weighted by molar-refractivity contribution is -0.142. The van der Waals surface area contributed by atoms with Crippen molar-refractivity contribution in [1.29, 1.82) is 0 Å². The van der Waals surface area contributed by atoms with E-state index in [1.165, 1.54) is 0 Å². The molecule has 2 aliphatic rings. The number of Topliss-reactive ketones (excluding diaryl/α,β-unsaturated/α-hetero) is 1. The Morgan fingerprint density at radius 2 is 1.82 bits per heavy atom. The molecule has 0 radical (unpaired) electrons. The Morgan fingerprint density at radius 3 is 2.43 bits per heavy atom. The molecule has 2 aliphatic carbocycles. The second-order valence-electron chi connectivity index (χ2n) is 6.86. The van der Waals surface area contributed by atoms with E-state index < -0.39 is 59.9 Å². The number of ketones is 1. The Kier molecular flexibility index (Phi) is 5.24. The zero-order valence-electron chi connectivity index (χ0n) is 14.7. The molecule has 1 saturated carbocycles. The highest BCUT2D eigenvalue weighted by molar-refractivity contribution is 6.05.